The van der Waals surface area contributed by atoms with Crippen molar-refractivity contribution in [2.75, 3.05) is 27.2 Å². The fourth-order valence-corrected chi connectivity index (χ4v) is 3.32. The predicted molar refractivity (Wildman–Crippen MR) is 66.2 cm³/mol. The van der Waals surface area contributed by atoms with Gasteiger partial charge in [-0.2, -0.15) is 0 Å². The van der Waals surface area contributed by atoms with E-state index in [4.69, 9.17) is 0 Å². The van der Waals surface area contributed by atoms with E-state index in [9.17, 15) is 0 Å². The van der Waals surface area contributed by atoms with E-state index in [-0.39, 0.29) is 0 Å². The highest BCUT2D eigenvalue weighted by Crippen LogP contribution is 2.48. The molecule has 0 aromatic heterocycles. The monoisotopic (exact) mass is 216 g/mol. The topological polar surface area (TPSA) is 6.48 Å². The van der Waals surface area contributed by atoms with Crippen LogP contribution in [0.5, 0.6) is 0 Å². The van der Waals surface area contributed by atoms with E-state index < -0.39 is 0 Å². The van der Waals surface area contributed by atoms with Gasteiger partial charge in [0, 0.05) is 25.7 Å². The molecule has 16 heavy (non-hydrogen) atoms. The normalized spacial score (nSPS) is 33.1. The van der Waals surface area contributed by atoms with Crippen molar-refractivity contribution in [1.82, 2.24) is 9.80 Å². The third kappa shape index (κ3) is 1.76. The number of hydrogen-bond acceptors (Lipinski definition) is 2. The van der Waals surface area contributed by atoms with Crippen LogP contribution in [0.25, 0.3) is 0 Å². The van der Waals surface area contributed by atoms with Crippen LogP contribution in [0.2, 0.25) is 0 Å². The standard InChI is InChI=1S/C14H20N2/c1-15(2)14-12-9-16(10-13(12)14)8-11-6-4-3-5-7-11/h3-7,12-14H,8-10H2,1-2H3/t12-,13+,14+. The summed E-state index contributed by atoms with van der Waals surface area (Å²) in [5.74, 6) is 1.89. The Labute approximate surface area is 97.9 Å². The average molecular weight is 216 g/mol. The molecule has 0 unspecified atom stereocenters. The molecule has 2 nitrogen and oxygen atoms in total. The first-order valence-corrected chi connectivity index (χ1v) is 6.18. The zero-order chi connectivity index (χ0) is 11.1. The van der Waals surface area contributed by atoms with Gasteiger partial charge in [0.05, 0.1) is 0 Å². The molecule has 2 aliphatic rings. The molecule has 1 aromatic carbocycles. The van der Waals surface area contributed by atoms with E-state index in [1.54, 1.807) is 0 Å². The van der Waals surface area contributed by atoms with Gasteiger partial charge in [-0.1, -0.05) is 30.3 Å². The molecule has 3 rings (SSSR count). The smallest absolute Gasteiger partial charge is 0.0233 e. The largest absolute Gasteiger partial charge is 0.306 e. The summed E-state index contributed by atoms with van der Waals surface area (Å²) < 4.78 is 0. The number of hydrogen-bond donors (Lipinski definition) is 0. The van der Waals surface area contributed by atoms with Crippen molar-refractivity contribution in [3.8, 4) is 0 Å². The second kappa shape index (κ2) is 3.86. The van der Waals surface area contributed by atoms with E-state index in [2.05, 4.69) is 54.2 Å². The Bertz CT molecular complexity index is 348. The summed E-state index contributed by atoms with van der Waals surface area (Å²) in [7, 11) is 4.43. The van der Waals surface area contributed by atoms with Crippen molar-refractivity contribution in [2.24, 2.45) is 11.8 Å². The van der Waals surface area contributed by atoms with E-state index in [0.717, 1.165) is 24.4 Å². The Morgan fingerprint density at radius 1 is 1.12 bits per heavy atom. The highest BCUT2D eigenvalue weighted by molar-refractivity contribution is 5.16. The first-order chi connectivity index (χ1) is 7.75. The summed E-state index contributed by atoms with van der Waals surface area (Å²) in [6.45, 7) is 3.72. The van der Waals surface area contributed by atoms with Gasteiger partial charge < -0.3 is 4.90 Å². The summed E-state index contributed by atoms with van der Waals surface area (Å²) in [5, 5.41) is 0. The zero-order valence-corrected chi connectivity index (χ0v) is 10.1. The van der Waals surface area contributed by atoms with Gasteiger partial charge in [0.25, 0.3) is 0 Å². The van der Waals surface area contributed by atoms with E-state index in [1.165, 1.54) is 18.7 Å². The van der Waals surface area contributed by atoms with Crippen LogP contribution >= 0.6 is 0 Å². The molecule has 1 aliphatic heterocycles. The Kier molecular flexibility index (Phi) is 2.49. The van der Waals surface area contributed by atoms with Crippen LogP contribution in [0.3, 0.4) is 0 Å². The quantitative estimate of drug-likeness (QED) is 0.758. The summed E-state index contributed by atoms with van der Waals surface area (Å²) in [6.07, 6.45) is 0. The Morgan fingerprint density at radius 2 is 1.75 bits per heavy atom. The van der Waals surface area contributed by atoms with Crippen LogP contribution in [-0.2, 0) is 6.54 Å². The molecule has 86 valence electrons. The van der Waals surface area contributed by atoms with Crippen LogP contribution in [0, 0.1) is 11.8 Å². The molecule has 1 aromatic rings. The fraction of sp³-hybridized carbons (Fsp3) is 0.571. The molecule has 0 bridgehead atoms. The second-order valence-electron chi connectivity index (χ2n) is 5.46. The maximum absolute atomic E-state index is 2.60. The Balaban J connectivity index is 1.55. The molecule has 2 fully saturated rings. The lowest BCUT2D eigenvalue weighted by atomic mass is 10.2. The van der Waals surface area contributed by atoms with Crippen molar-refractivity contribution in [1.29, 1.82) is 0 Å². The number of piperidine rings is 1. The lowest BCUT2D eigenvalue weighted by Crippen LogP contribution is -2.30. The Morgan fingerprint density at radius 3 is 2.31 bits per heavy atom. The molecule has 1 aliphatic carbocycles. The Hall–Kier alpha value is -0.860. The SMILES string of the molecule is CN(C)[C@H]1[C@@H]2CN(Cc3ccccc3)C[C@@H]21. The van der Waals surface area contributed by atoms with Crippen molar-refractivity contribution < 1.29 is 0 Å². The number of fused-ring (bicyclic) bond motifs is 1. The maximum atomic E-state index is 2.60. The van der Waals surface area contributed by atoms with Crippen molar-refractivity contribution in [3.05, 3.63) is 35.9 Å². The minimum atomic E-state index is 0.868. The molecule has 0 radical (unpaired) electrons. The molecule has 1 heterocycles. The first-order valence-electron chi connectivity index (χ1n) is 6.18. The van der Waals surface area contributed by atoms with E-state index >= 15 is 0 Å². The summed E-state index contributed by atoms with van der Waals surface area (Å²) in [5.41, 5.74) is 1.45. The zero-order valence-electron chi connectivity index (χ0n) is 10.1. The first kappa shape index (κ1) is 10.3. The van der Waals surface area contributed by atoms with Gasteiger partial charge in [0.15, 0.2) is 0 Å². The minimum absolute atomic E-state index is 0.868. The lowest BCUT2D eigenvalue weighted by Gasteiger charge is -2.21. The predicted octanol–water partition coefficient (Wildman–Crippen LogP) is 1.68. The van der Waals surface area contributed by atoms with Gasteiger partial charge in [-0.15, -0.1) is 0 Å². The average Bonchev–Trinajstić information content (AvgIpc) is 2.79. The van der Waals surface area contributed by atoms with E-state index in [0.29, 0.717) is 0 Å². The highest BCUT2D eigenvalue weighted by Gasteiger charge is 2.56. The van der Waals surface area contributed by atoms with Gasteiger partial charge in [0.1, 0.15) is 0 Å². The molecule has 1 saturated carbocycles. The van der Waals surface area contributed by atoms with Gasteiger partial charge in [-0.05, 0) is 31.5 Å². The van der Waals surface area contributed by atoms with E-state index in [1.807, 2.05) is 0 Å². The van der Waals surface area contributed by atoms with Crippen LogP contribution in [0.15, 0.2) is 30.3 Å². The molecule has 1 saturated heterocycles. The molecular weight excluding hydrogens is 196 g/mol. The third-order valence-electron chi connectivity index (χ3n) is 4.07. The number of rotatable bonds is 3. The van der Waals surface area contributed by atoms with Crippen LogP contribution in [0.4, 0.5) is 0 Å². The molecule has 3 atom stereocenters. The summed E-state index contributed by atoms with van der Waals surface area (Å²) in [6, 6.07) is 11.7. The number of benzene rings is 1. The second-order valence-corrected chi connectivity index (χ2v) is 5.46. The molecule has 0 N–H and O–H groups in total. The van der Waals surface area contributed by atoms with Crippen LogP contribution < -0.4 is 0 Å². The van der Waals surface area contributed by atoms with Crippen LogP contribution in [-0.4, -0.2) is 43.0 Å². The third-order valence-corrected chi connectivity index (χ3v) is 4.07. The van der Waals surface area contributed by atoms with Gasteiger partial charge >= 0.3 is 0 Å². The summed E-state index contributed by atoms with van der Waals surface area (Å²) >= 11 is 0. The number of likely N-dealkylation sites (tertiary alicyclic amines) is 1. The molecule has 2 heteroatoms. The van der Waals surface area contributed by atoms with Crippen molar-refractivity contribution in [3.63, 3.8) is 0 Å². The van der Waals surface area contributed by atoms with Crippen molar-refractivity contribution >= 4 is 0 Å². The van der Waals surface area contributed by atoms with Gasteiger partial charge in [0.2, 0.25) is 0 Å². The maximum Gasteiger partial charge on any atom is 0.0233 e. The van der Waals surface area contributed by atoms with Crippen LogP contribution in [0.1, 0.15) is 5.56 Å². The minimum Gasteiger partial charge on any atom is -0.306 e. The van der Waals surface area contributed by atoms with Crippen molar-refractivity contribution in [2.45, 2.75) is 12.6 Å². The van der Waals surface area contributed by atoms with Gasteiger partial charge in [-0.25, -0.2) is 0 Å². The number of nitrogens with zero attached hydrogens (tertiary/aromatic N) is 2. The lowest BCUT2D eigenvalue weighted by molar-refractivity contribution is 0.244. The molecule has 0 amide bonds. The molecular formula is C14H20N2. The molecule has 0 spiro atoms. The highest BCUT2D eigenvalue weighted by atomic mass is 15.3. The van der Waals surface area contributed by atoms with Gasteiger partial charge in [-0.3, -0.25) is 4.90 Å². The fourth-order valence-electron chi connectivity index (χ4n) is 3.32. The summed E-state index contributed by atoms with van der Waals surface area (Å²) in [4.78, 5) is 5.00.